The molecule has 3 rings (SSSR count). The maximum Gasteiger partial charge on any atom is 0.365 e. The molecule has 0 unspecified atom stereocenters. The highest BCUT2D eigenvalue weighted by molar-refractivity contribution is 5.93. The first kappa shape index (κ1) is 18.4. The minimum Gasteiger partial charge on any atom is -0.324 e. The molecule has 0 saturated heterocycles. The van der Waals surface area contributed by atoms with E-state index in [1.807, 2.05) is 31.2 Å². The Morgan fingerprint density at radius 1 is 1.11 bits per heavy atom. The lowest BCUT2D eigenvalue weighted by Gasteiger charge is -2.14. The Balaban J connectivity index is 1.81. The monoisotopic (exact) mass is 370 g/mol. The van der Waals surface area contributed by atoms with E-state index in [0.717, 1.165) is 27.9 Å². The molecule has 1 heterocycles. The van der Waals surface area contributed by atoms with E-state index >= 15 is 0 Å². The van der Waals surface area contributed by atoms with E-state index in [0.29, 0.717) is 11.8 Å². The summed E-state index contributed by atoms with van der Waals surface area (Å²) < 4.78 is 27.4. The van der Waals surface area contributed by atoms with Crippen molar-refractivity contribution in [3.05, 3.63) is 76.3 Å². The normalized spacial score (nSPS) is 11.9. The van der Waals surface area contributed by atoms with Gasteiger partial charge in [-0.15, -0.1) is 0 Å². The highest BCUT2D eigenvalue weighted by atomic mass is 19.1. The molecule has 8 heteroatoms. The number of rotatable bonds is 4. The number of aryl methyl sites for hydroxylation is 1. The number of anilines is 1. The largest absolute Gasteiger partial charge is 0.365 e. The molecular formula is C19H16F2N4O2. The van der Waals surface area contributed by atoms with Crippen LogP contribution in [0.5, 0.6) is 0 Å². The summed E-state index contributed by atoms with van der Waals surface area (Å²) in [4.78, 5) is 28.5. The van der Waals surface area contributed by atoms with Gasteiger partial charge in [-0.25, -0.2) is 18.3 Å². The maximum atomic E-state index is 13.2. The standard InChI is InChI=1S/C19H16F2N4O2/c1-11-3-5-13(6-4-11)17-10-22-25(19(27)24-17)12(2)18(26)23-16-8-14(20)7-15(21)9-16/h3-10,12H,1-2H3,(H,23,26)/t12-/m0/s1. The number of nitrogens with one attached hydrogen (secondary N) is 1. The molecule has 1 aromatic heterocycles. The molecule has 0 fully saturated rings. The van der Waals surface area contributed by atoms with Crippen LogP contribution in [-0.2, 0) is 4.79 Å². The fraction of sp³-hybridized carbons (Fsp3) is 0.158. The molecule has 138 valence electrons. The Hall–Kier alpha value is -3.42. The van der Waals surface area contributed by atoms with Crippen LogP contribution in [0.3, 0.4) is 0 Å². The molecule has 0 bridgehead atoms. The summed E-state index contributed by atoms with van der Waals surface area (Å²) in [7, 11) is 0. The second kappa shape index (κ2) is 7.45. The molecule has 0 aliphatic rings. The predicted octanol–water partition coefficient (Wildman–Crippen LogP) is 3.09. The third-order valence-electron chi connectivity index (χ3n) is 3.94. The highest BCUT2D eigenvalue weighted by Gasteiger charge is 2.19. The summed E-state index contributed by atoms with van der Waals surface area (Å²) in [6.07, 6.45) is 1.39. The fourth-order valence-corrected chi connectivity index (χ4v) is 2.46. The number of halogens is 2. The van der Waals surface area contributed by atoms with Crippen LogP contribution in [0.25, 0.3) is 11.3 Å². The zero-order chi connectivity index (χ0) is 19.6. The van der Waals surface area contributed by atoms with Crippen molar-refractivity contribution in [1.82, 2.24) is 14.8 Å². The molecule has 1 atom stereocenters. The molecule has 27 heavy (non-hydrogen) atoms. The summed E-state index contributed by atoms with van der Waals surface area (Å²) >= 11 is 0. The molecule has 1 amide bonds. The third-order valence-corrected chi connectivity index (χ3v) is 3.94. The number of carbonyl (C=O) groups is 1. The van der Waals surface area contributed by atoms with Gasteiger partial charge in [0.15, 0.2) is 0 Å². The molecule has 0 spiro atoms. The van der Waals surface area contributed by atoms with Crippen LogP contribution < -0.4 is 11.0 Å². The zero-order valence-electron chi connectivity index (χ0n) is 14.6. The minimum absolute atomic E-state index is 0.0540. The van der Waals surface area contributed by atoms with Crippen molar-refractivity contribution in [2.45, 2.75) is 19.9 Å². The van der Waals surface area contributed by atoms with Crippen molar-refractivity contribution in [1.29, 1.82) is 0 Å². The van der Waals surface area contributed by atoms with Crippen molar-refractivity contribution >= 4 is 11.6 Å². The van der Waals surface area contributed by atoms with E-state index in [1.165, 1.54) is 13.1 Å². The second-order valence-electron chi connectivity index (χ2n) is 6.06. The molecule has 2 aromatic carbocycles. The molecule has 3 aromatic rings. The zero-order valence-corrected chi connectivity index (χ0v) is 14.6. The van der Waals surface area contributed by atoms with E-state index < -0.39 is 29.3 Å². The maximum absolute atomic E-state index is 13.2. The first-order valence-corrected chi connectivity index (χ1v) is 8.13. The average molecular weight is 370 g/mol. The van der Waals surface area contributed by atoms with Crippen LogP contribution in [0, 0.1) is 18.6 Å². The second-order valence-corrected chi connectivity index (χ2v) is 6.06. The third kappa shape index (κ3) is 4.22. The van der Waals surface area contributed by atoms with E-state index in [1.54, 1.807) is 0 Å². The van der Waals surface area contributed by atoms with Crippen molar-refractivity contribution < 1.29 is 13.6 Å². The number of hydrogen-bond acceptors (Lipinski definition) is 4. The minimum atomic E-state index is -1.02. The summed E-state index contributed by atoms with van der Waals surface area (Å²) in [6.45, 7) is 3.38. The molecular weight excluding hydrogens is 354 g/mol. The fourth-order valence-electron chi connectivity index (χ4n) is 2.46. The lowest BCUT2D eigenvalue weighted by molar-refractivity contribution is -0.119. The number of nitrogens with zero attached hydrogens (tertiary/aromatic N) is 3. The lowest BCUT2D eigenvalue weighted by Crippen LogP contribution is -2.34. The summed E-state index contributed by atoms with van der Waals surface area (Å²) in [5.41, 5.74) is 1.42. The van der Waals surface area contributed by atoms with Crippen molar-refractivity contribution in [2.24, 2.45) is 0 Å². The average Bonchev–Trinajstić information content (AvgIpc) is 2.60. The van der Waals surface area contributed by atoms with E-state index in [2.05, 4.69) is 15.4 Å². The Labute approximate surface area is 153 Å². The van der Waals surface area contributed by atoms with Crippen LogP contribution in [0.1, 0.15) is 18.5 Å². The van der Waals surface area contributed by atoms with Crippen LogP contribution in [0.15, 0.2) is 53.5 Å². The Kier molecular flexibility index (Phi) is 5.07. The number of amides is 1. The molecule has 1 N–H and O–H groups in total. The van der Waals surface area contributed by atoms with Crippen LogP contribution >= 0.6 is 0 Å². The molecule has 0 aliphatic carbocycles. The van der Waals surface area contributed by atoms with Crippen LogP contribution in [0.2, 0.25) is 0 Å². The van der Waals surface area contributed by atoms with Gasteiger partial charge in [-0.1, -0.05) is 29.8 Å². The highest BCUT2D eigenvalue weighted by Crippen LogP contribution is 2.17. The van der Waals surface area contributed by atoms with Gasteiger partial charge in [0.25, 0.3) is 0 Å². The van der Waals surface area contributed by atoms with Gasteiger partial charge in [0.1, 0.15) is 17.7 Å². The topological polar surface area (TPSA) is 76.9 Å². The van der Waals surface area contributed by atoms with E-state index in [4.69, 9.17) is 0 Å². The molecule has 0 saturated carbocycles. The number of aromatic nitrogens is 3. The Morgan fingerprint density at radius 2 is 1.74 bits per heavy atom. The predicted molar refractivity (Wildman–Crippen MR) is 96.2 cm³/mol. The number of carbonyl (C=O) groups excluding carboxylic acids is 1. The Bertz CT molecular complexity index is 1030. The lowest BCUT2D eigenvalue weighted by atomic mass is 10.1. The van der Waals surface area contributed by atoms with Crippen LogP contribution in [-0.4, -0.2) is 20.7 Å². The van der Waals surface area contributed by atoms with Gasteiger partial charge >= 0.3 is 5.69 Å². The van der Waals surface area contributed by atoms with Gasteiger partial charge in [0.05, 0.1) is 11.9 Å². The number of hydrogen-bond donors (Lipinski definition) is 1. The van der Waals surface area contributed by atoms with Crippen molar-refractivity contribution in [2.75, 3.05) is 5.32 Å². The van der Waals surface area contributed by atoms with Crippen molar-refractivity contribution in [3.63, 3.8) is 0 Å². The van der Waals surface area contributed by atoms with E-state index in [9.17, 15) is 18.4 Å². The smallest absolute Gasteiger partial charge is 0.324 e. The van der Waals surface area contributed by atoms with Gasteiger partial charge in [-0.05, 0) is 26.0 Å². The summed E-state index contributed by atoms with van der Waals surface area (Å²) in [6, 6.07) is 9.02. The van der Waals surface area contributed by atoms with Crippen molar-refractivity contribution in [3.8, 4) is 11.3 Å². The number of benzene rings is 2. The SMILES string of the molecule is Cc1ccc(-c2cnn([C@@H](C)C(=O)Nc3cc(F)cc(F)c3)c(=O)n2)cc1. The quantitative estimate of drug-likeness (QED) is 0.766. The molecule has 0 aliphatic heterocycles. The first-order chi connectivity index (χ1) is 12.8. The van der Waals surface area contributed by atoms with Gasteiger partial charge in [-0.3, -0.25) is 4.79 Å². The van der Waals surface area contributed by atoms with E-state index in [-0.39, 0.29) is 5.69 Å². The summed E-state index contributed by atoms with van der Waals surface area (Å²) in [5, 5.41) is 6.36. The molecule has 6 nitrogen and oxygen atoms in total. The Morgan fingerprint density at radius 3 is 2.33 bits per heavy atom. The van der Waals surface area contributed by atoms with Crippen LogP contribution in [0.4, 0.5) is 14.5 Å². The first-order valence-electron chi connectivity index (χ1n) is 8.13. The summed E-state index contributed by atoms with van der Waals surface area (Å²) in [5.74, 6) is -2.30. The molecule has 0 radical (unpaired) electrons. The van der Waals surface area contributed by atoms with Gasteiger partial charge < -0.3 is 5.32 Å². The van der Waals surface area contributed by atoms with Gasteiger partial charge in [0.2, 0.25) is 5.91 Å². The van der Waals surface area contributed by atoms with Gasteiger partial charge in [-0.2, -0.15) is 10.1 Å². The van der Waals surface area contributed by atoms with Gasteiger partial charge in [0, 0.05) is 17.3 Å².